The van der Waals surface area contributed by atoms with Crippen LogP contribution in [0.3, 0.4) is 0 Å². The minimum absolute atomic E-state index is 0.179. The van der Waals surface area contributed by atoms with Crippen molar-refractivity contribution in [3.63, 3.8) is 0 Å². The van der Waals surface area contributed by atoms with Gasteiger partial charge in [-0.15, -0.1) is 0 Å². The molecule has 1 N–H and O–H groups in total. The average molecular weight is 291 g/mol. The summed E-state index contributed by atoms with van der Waals surface area (Å²) in [5.41, 5.74) is 0.971. The normalized spacial score (nSPS) is 17.0. The zero-order chi connectivity index (χ0) is 15.2. The molecule has 0 heterocycles. The lowest BCUT2D eigenvalue weighted by molar-refractivity contribution is 0.0940. The maximum absolute atomic E-state index is 10.4. The van der Waals surface area contributed by atoms with Crippen molar-refractivity contribution in [3.8, 4) is 5.75 Å². The fraction of sp³-hybridized carbons (Fsp3) is 0.667. The van der Waals surface area contributed by atoms with Crippen LogP contribution in [0.15, 0.2) is 24.3 Å². The van der Waals surface area contributed by atoms with E-state index in [4.69, 9.17) is 4.74 Å². The van der Waals surface area contributed by atoms with Crippen molar-refractivity contribution in [1.82, 2.24) is 4.90 Å². The molecule has 2 rings (SSSR count). The van der Waals surface area contributed by atoms with E-state index in [9.17, 15) is 5.11 Å². The number of rotatable bonds is 8. The van der Waals surface area contributed by atoms with Crippen LogP contribution < -0.4 is 4.74 Å². The number of aliphatic hydroxyl groups is 1. The van der Waals surface area contributed by atoms with E-state index >= 15 is 0 Å². The zero-order valence-corrected chi connectivity index (χ0v) is 13.6. The van der Waals surface area contributed by atoms with Crippen LogP contribution in [0, 0.1) is 5.92 Å². The maximum atomic E-state index is 10.4. The molecule has 1 fully saturated rings. The number of likely N-dealkylation sites (N-methyl/N-ethyl adjacent to an activating group) is 1. The molecule has 3 heteroatoms. The highest BCUT2D eigenvalue weighted by Crippen LogP contribution is 2.28. The molecule has 1 aliphatic rings. The molecule has 1 aromatic carbocycles. The summed E-state index contributed by atoms with van der Waals surface area (Å²) in [7, 11) is 0. The van der Waals surface area contributed by atoms with Crippen LogP contribution in [0.25, 0.3) is 0 Å². The van der Waals surface area contributed by atoms with Crippen molar-refractivity contribution in [2.75, 3.05) is 19.6 Å². The minimum Gasteiger partial charge on any atom is -0.491 e. The van der Waals surface area contributed by atoms with Gasteiger partial charge in [0.1, 0.15) is 5.75 Å². The van der Waals surface area contributed by atoms with Crippen molar-refractivity contribution >= 4 is 0 Å². The summed E-state index contributed by atoms with van der Waals surface area (Å²) in [5.74, 6) is 1.71. The van der Waals surface area contributed by atoms with Gasteiger partial charge in [0.05, 0.1) is 12.2 Å². The van der Waals surface area contributed by atoms with Gasteiger partial charge in [-0.2, -0.15) is 0 Å². The molecule has 0 saturated heterocycles. The van der Waals surface area contributed by atoms with Gasteiger partial charge < -0.3 is 14.7 Å². The van der Waals surface area contributed by atoms with Gasteiger partial charge in [0.2, 0.25) is 0 Å². The molecule has 0 aliphatic heterocycles. The summed E-state index contributed by atoms with van der Waals surface area (Å²) in [4.78, 5) is 2.37. The fourth-order valence-corrected chi connectivity index (χ4v) is 2.76. The lowest BCUT2D eigenvalue weighted by Gasteiger charge is -2.32. The van der Waals surface area contributed by atoms with Crippen LogP contribution in [0.4, 0.5) is 0 Å². The van der Waals surface area contributed by atoms with Crippen LogP contribution in [0.1, 0.15) is 51.7 Å². The van der Waals surface area contributed by atoms with Gasteiger partial charge >= 0.3 is 0 Å². The molecule has 3 nitrogen and oxygen atoms in total. The van der Waals surface area contributed by atoms with E-state index < -0.39 is 6.10 Å². The SMILES string of the molecule is CCN(CC1CCC1)CC(O)c1ccc(OC(C)C)cc1. The summed E-state index contributed by atoms with van der Waals surface area (Å²) >= 11 is 0. The van der Waals surface area contributed by atoms with Gasteiger partial charge in [-0.05, 0) is 56.8 Å². The highest BCUT2D eigenvalue weighted by atomic mass is 16.5. The molecule has 118 valence electrons. The first-order valence-corrected chi connectivity index (χ1v) is 8.25. The van der Waals surface area contributed by atoms with Crippen molar-refractivity contribution in [1.29, 1.82) is 0 Å². The highest BCUT2D eigenvalue weighted by molar-refractivity contribution is 5.28. The predicted molar refractivity (Wildman–Crippen MR) is 86.6 cm³/mol. The third-order valence-corrected chi connectivity index (χ3v) is 4.26. The second kappa shape index (κ2) is 7.81. The Balaban J connectivity index is 1.87. The average Bonchev–Trinajstić information content (AvgIpc) is 2.41. The predicted octanol–water partition coefficient (Wildman–Crippen LogP) is 3.63. The molecule has 0 bridgehead atoms. The lowest BCUT2D eigenvalue weighted by atomic mass is 9.85. The Morgan fingerprint density at radius 1 is 1.24 bits per heavy atom. The summed E-state index contributed by atoms with van der Waals surface area (Å²) in [6, 6.07) is 7.83. The van der Waals surface area contributed by atoms with Gasteiger partial charge in [-0.25, -0.2) is 0 Å². The van der Waals surface area contributed by atoms with E-state index in [2.05, 4.69) is 11.8 Å². The molecule has 1 aliphatic carbocycles. The van der Waals surface area contributed by atoms with E-state index in [1.165, 1.54) is 19.3 Å². The number of ether oxygens (including phenoxy) is 1. The van der Waals surface area contributed by atoms with Crippen LogP contribution >= 0.6 is 0 Å². The molecule has 0 aromatic heterocycles. The molecule has 1 saturated carbocycles. The quantitative estimate of drug-likeness (QED) is 0.794. The molecule has 1 unspecified atom stereocenters. The molecule has 0 radical (unpaired) electrons. The van der Waals surface area contributed by atoms with E-state index in [0.717, 1.165) is 36.9 Å². The fourth-order valence-electron chi connectivity index (χ4n) is 2.76. The van der Waals surface area contributed by atoms with Gasteiger partial charge in [-0.3, -0.25) is 0 Å². The first-order valence-electron chi connectivity index (χ1n) is 8.25. The topological polar surface area (TPSA) is 32.7 Å². The number of aliphatic hydroxyl groups excluding tert-OH is 1. The molecule has 1 atom stereocenters. The van der Waals surface area contributed by atoms with Gasteiger partial charge in [0, 0.05) is 13.1 Å². The number of hydrogen-bond acceptors (Lipinski definition) is 3. The molecule has 0 amide bonds. The van der Waals surface area contributed by atoms with Crippen LogP contribution in [-0.4, -0.2) is 35.7 Å². The summed E-state index contributed by atoms with van der Waals surface area (Å²) in [5, 5.41) is 10.4. The van der Waals surface area contributed by atoms with Crippen molar-refractivity contribution in [2.45, 2.75) is 52.2 Å². The summed E-state index contributed by atoms with van der Waals surface area (Å²) in [6.45, 7) is 9.05. The Hall–Kier alpha value is -1.06. The Bertz CT molecular complexity index is 412. The lowest BCUT2D eigenvalue weighted by Crippen LogP contribution is -2.35. The second-order valence-electron chi connectivity index (χ2n) is 6.40. The zero-order valence-electron chi connectivity index (χ0n) is 13.6. The third-order valence-electron chi connectivity index (χ3n) is 4.26. The van der Waals surface area contributed by atoms with Crippen LogP contribution in [0.5, 0.6) is 5.75 Å². The summed E-state index contributed by atoms with van der Waals surface area (Å²) < 4.78 is 5.63. The van der Waals surface area contributed by atoms with Gasteiger partial charge in [0.25, 0.3) is 0 Å². The number of hydrogen-bond donors (Lipinski definition) is 1. The first kappa shape index (κ1) is 16.3. The van der Waals surface area contributed by atoms with E-state index in [0.29, 0.717) is 0 Å². The van der Waals surface area contributed by atoms with Crippen molar-refractivity contribution < 1.29 is 9.84 Å². The minimum atomic E-state index is -0.418. The van der Waals surface area contributed by atoms with Gasteiger partial charge in [-0.1, -0.05) is 25.5 Å². The van der Waals surface area contributed by atoms with E-state index in [1.54, 1.807) is 0 Å². The maximum Gasteiger partial charge on any atom is 0.119 e. The largest absolute Gasteiger partial charge is 0.491 e. The Labute approximate surface area is 128 Å². The molecular weight excluding hydrogens is 262 g/mol. The first-order chi connectivity index (χ1) is 10.1. The number of benzene rings is 1. The summed E-state index contributed by atoms with van der Waals surface area (Å²) in [6.07, 6.45) is 3.85. The standard InChI is InChI=1S/C18H29NO2/c1-4-19(12-15-6-5-7-15)13-18(20)16-8-10-17(11-9-16)21-14(2)3/h8-11,14-15,18,20H,4-7,12-13H2,1-3H3. The Kier molecular flexibility index (Phi) is 6.07. The highest BCUT2D eigenvalue weighted by Gasteiger charge is 2.21. The molecule has 1 aromatic rings. The van der Waals surface area contributed by atoms with Crippen LogP contribution in [-0.2, 0) is 0 Å². The van der Waals surface area contributed by atoms with E-state index in [1.807, 2.05) is 38.1 Å². The Morgan fingerprint density at radius 2 is 1.90 bits per heavy atom. The van der Waals surface area contributed by atoms with Crippen LogP contribution in [0.2, 0.25) is 0 Å². The Morgan fingerprint density at radius 3 is 2.38 bits per heavy atom. The molecular formula is C18H29NO2. The van der Waals surface area contributed by atoms with Crippen molar-refractivity contribution in [2.24, 2.45) is 5.92 Å². The monoisotopic (exact) mass is 291 g/mol. The number of nitrogens with zero attached hydrogens (tertiary/aromatic N) is 1. The third kappa shape index (κ3) is 5.01. The van der Waals surface area contributed by atoms with Gasteiger partial charge in [0.15, 0.2) is 0 Å². The molecule has 0 spiro atoms. The van der Waals surface area contributed by atoms with E-state index in [-0.39, 0.29) is 6.10 Å². The van der Waals surface area contributed by atoms with Crippen molar-refractivity contribution in [3.05, 3.63) is 29.8 Å². The smallest absolute Gasteiger partial charge is 0.119 e. The molecule has 21 heavy (non-hydrogen) atoms. The second-order valence-corrected chi connectivity index (χ2v) is 6.40.